The Morgan fingerprint density at radius 1 is 1.29 bits per heavy atom. The van der Waals surface area contributed by atoms with Crippen LogP contribution in [0.25, 0.3) is 0 Å². The molecule has 0 fully saturated rings. The fraction of sp³-hybridized carbons (Fsp3) is 0.214. The molecule has 0 radical (unpaired) electrons. The number of ketones is 1. The van der Waals surface area contributed by atoms with Crippen LogP contribution < -0.4 is 0 Å². The van der Waals surface area contributed by atoms with Crippen LogP contribution in [0.2, 0.25) is 0 Å². The van der Waals surface area contributed by atoms with Crippen molar-refractivity contribution in [2.24, 2.45) is 0 Å². The molecule has 0 bridgehead atoms. The Kier molecular flexibility index (Phi) is 3.79. The second-order valence-electron chi connectivity index (χ2n) is 4.11. The van der Waals surface area contributed by atoms with Gasteiger partial charge in [0.15, 0.2) is 5.78 Å². The van der Waals surface area contributed by atoms with Gasteiger partial charge in [-0.05, 0) is 52.9 Å². The second kappa shape index (κ2) is 5.15. The summed E-state index contributed by atoms with van der Waals surface area (Å²) in [6, 6.07) is 7.99. The van der Waals surface area contributed by atoms with E-state index in [-0.39, 0.29) is 5.78 Å². The molecule has 0 N–H and O–H groups in total. The third-order valence-electron chi connectivity index (χ3n) is 2.71. The highest BCUT2D eigenvalue weighted by atomic mass is 79.9. The summed E-state index contributed by atoms with van der Waals surface area (Å²) in [7, 11) is 0. The first-order valence-electron chi connectivity index (χ1n) is 5.40. The molecule has 0 saturated heterocycles. The van der Waals surface area contributed by atoms with Crippen molar-refractivity contribution in [3.8, 4) is 0 Å². The van der Waals surface area contributed by atoms with E-state index in [0.717, 1.165) is 26.0 Å². The molecule has 0 spiro atoms. The lowest BCUT2D eigenvalue weighted by molar-refractivity contribution is 0.0993. The average molecular weight is 309 g/mol. The molecule has 0 unspecified atom stereocenters. The summed E-state index contributed by atoms with van der Waals surface area (Å²) in [6.07, 6.45) is 0.475. The molecule has 88 valence electrons. The number of carbonyl (C=O) groups is 1. The maximum atomic E-state index is 12.2. The van der Waals surface area contributed by atoms with Crippen LogP contribution >= 0.6 is 27.3 Å². The summed E-state index contributed by atoms with van der Waals surface area (Å²) < 4.78 is 1.03. The lowest BCUT2D eigenvalue weighted by Gasteiger charge is -2.05. The van der Waals surface area contributed by atoms with E-state index < -0.39 is 0 Å². The maximum absolute atomic E-state index is 12.2. The van der Waals surface area contributed by atoms with Crippen molar-refractivity contribution in [2.75, 3.05) is 0 Å². The molecule has 2 rings (SSSR count). The van der Waals surface area contributed by atoms with E-state index in [2.05, 4.69) is 15.9 Å². The molecular weight excluding hydrogens is 296 g/mol. The predicted molar refractivity (Wildman–Crippen MR) is 76.0 cm³/mol. The Morgan fingerprint density at radius 2 is 2.06 bits per heavy atom. The number of hydrogen-bond donors (Lipinski definition) is 0. The maximum Gasteiger partial charge on any atom is 0.168 e. The van der Waals surface area contributed by atoms with E-state index >= 15 is 0 Å². The Hall–Kier alpha value is -0.930. The summed E-state index contributed by atoms with van der Waals surface area (Å²) in [6.45, 7) is 3.99. The molecule has 1 aromatic heterocycles. The minimum atomic E-state index is 0.189. The average Bonchev–Trinajstić information content (AvgIpc) is 2.68. The van der Waals surface area contributed by atoms with Crippen molar-refractivity contribution >= 4 is 33.0 Å². The zero-order valence-electron chi connectivity index (χ0n) is 9.79. The van der Waals surface area contributed by atoms with Crippen LogP contribution in [0, 0.1) is 13.8 Å². The molecule has 1 aromatic carbocycles. The highest BCUT2D eigenvalue weighted by Crippen LogP contribution is 2.25. The normalized spacial score (nSPS) is 10.5. The number of thiophene rings is 1. The molecule has 0 aliphatic carbocycles. The fourth-order valence-corrected chi connectivity index (χ4v) is 3.22. The number of aryl methyl sites for hydroxylation is 2. The molecule has 1 nitrogen and oxygen atoms in total. The number of hydrogen-bond acceptors (Lipinski definition) is 2. The number of halogens is 1. The van der Waals surface area contributed by atoms with Gasteiger partial charge in [0, 0.05) is 21.3 Å². The first-order chi connectivity index (χ1) is 8.08. The highest BCUT2D eigenvalue weighted by Gasteiger charge is 2.12. The minimum Gasteiger partial charge on any atom is -0.294 e. The van der Waals surface area contributed by atoms with Gasteiger partial charge in [-0.15, -0.1) is 11.3 Å². The summed E-state index contributed by atoms with van der Waals surface area (Å²) >= 11 is 5.07. The smallest absolute Gasteiger partial charge is 0.168 e. The zero-order chi connectivity index (χ0) is 12.4. The molecular formula is C14H13BrOS. The van der Waals surface area contributed by atoms with E-state index in [9.17, 15) is 4.79 Å². The quantitative estimate of drug-likeness (QED) is 0.760. The zero-order valence-corrected chi connectivity index (χ0v) is 12.2. The second-order valence-corrected chi connectivity index (χ2v) is 5.97. The van der Waals surface area contributed by atoms with Crippen molar-refractivity contribution in [3.63, 3.8) is 0 Å². The van der Waals surface area contributed by atoms with Crippen molar-refractivity contribution in [1.29, 1.82) is 0 Å². The molecule has 0 amide bonds. The molecule has 0 saturated carbocycles. The van der Waals surface area contributed by atoms with Crippen LogP contribution in [-0.4, -0.2) is 5.78 Å². The highest BCUT2D eigenvalue weighted by molar-refractivity contribution is 9.10. The first kappa shape index (κ1) is 12.5. The van der Waals surface area contributed by atoms with Gasteiger partial charge in [0.1, 0.15) is 0 Å². The molecule has 0 atom stereocenters. The van der Waals surface area contributed by atoms with E-state index in [0.29, 0.717) is 6.42 Å². The number of benzene rings is 1. The third kappa shape index (κ3) is 2.85. The van der Waals surface area contributed by atoms with Gasteiger partial charge in [0.25, 0.3) is 0 Å². The summed E-state index contributed by atoms with van der Waals surface area (Å²) in [4.78, 5) is 13.3. The van der Waals surface area contributed by atoms with Gasteiger partial charge < -0.3 is 0 Å². The molecule has 17 heavy (non-hydrogen) atoms. The number of Topliss-reactive ketones (excluding diaryl/α,β-unsaturated/α-hetero) is 1. The van der Waals surface area contributed by atoms with Crippen molar-refractivity contribution in [3.05, 3.63) is 55.7 Å². The van der Waals surface area contributed by atoms with Crippen molar-refractivity contribution in [1.82, 2.24) is 0 Å². The topological polar surface area (TPSA) is 17.1 Å². The molecule has 2 aromatic rings. The summed E-state index contributed by atoms with van der Waals surface area (Å²) in [5.74, 6) is 0.189. The Bertz CT molecular complexity index is 557. The third-order valence-corrected chi connectivity index (χ3v) is 4.63. The van der Waals surface area contributed by atoms with Gasteiger partial charge in [0.2, 0.25) is 0 Å². The van der Waals surface area contributed by atoms with E-state index in [4.69, 9.17) is 0 Å². The van der Waals surface area contributed by atoms with Crippen LogP contribution in [0.3, 0.4) is 0 Å². The monoisotopic (exact) mass is 308 g/mol. The van der Waals surface area contributed by atoms with Crippen LogP contribution in [-0.2, 0) is 6.42 Å². The van der Waals surface area contributed by atoms with E-state index in [1.807, 2.05) is 43.5 Å². The molecule has 1 heterocycles. The fourth-order valence-electron chi connectivity index (χ4n) is 1.73. The Balaban J connectivity index is 2.26. The Morgan fingerprint density at radius 3 is 2.71 bits per heavy atom. The predicted octanol–water partition coefficient (Wildman–Crippen LogP) is 4.55. The SMILES string of the molecule is Cc1ccc(C)c(C(=O)Cc2sccc2Br)c1. The van der Waals surface area contributed by atoms with Crippen molar-refractivity contribution in [2.45, 2.75) is 20.3 Å². The number of carbonyl (C=O) groups excluding carboxylic acids is 1. The van der Waals surface area contributed by atoms with Gasteiger partial charge in [0.05, 0.1) is 0 Å². The van der Waals surface area contributed by atoms with Gasteiger partial charge in [-0.2, -0.15) is 0 Å². The molecule has 3 heteroatoms. The van der Waals surface area contributed by atoms with Crippen LogP contribution in [0.5, 0.6) is 0 Å². The van der Waals surface area contributed by atoms with E-state index in [1.54, 1.807) is 11.3 Å². The van der Waals surface area contributed by atoms with Crippen LogP contribution in [0.4, 0.5) is 0 Å². The minimum absolute atomic E-state index is 0.189. The van der Waals surface area contributed by atoms with Crippen LogP contribution in [0.15, 0.2) is 34.1 Å². The van der Waals surface area contributed by atoms with Crippen LogP contribution in [0.1, 0.15) is 26.4 Å². The lowest BCUT2D eigenvalue weighted by Crippen LogP contribution is -2.05. The molecule has 0 aliphatic heterocycles. The molecule has 0 aliphatic rings. The van der Waals surface area contributed by atoms with Gasteiger partial charge in [-0.25, -0.2) is 0 Å². The Labute approximate surface area is 114 Å². The standard InChI is InChI=1S/C14H13BrOS/c1-9-3-4-10(2)11(7-9)13(16)8-14-12(15)5-6-17-14/h3-7H,8H2,1-2H3. The van der Waals surface area contributed by atoms with Gasteiger partial charge >= 0.3 is 0 Å². The summed E-state index contributed by atoms with van der Waals surface area (Å²) in [5, 5.41) is 2.00. The first-order valence-corrected chi connectivity index (χ1v) is 7.07. The number of rotatable bonds is 3. The largest absolute Gasteiger partial charge is 0.294 e. The van der Waals surface area contributed by atoms with Gasteiger partial charge in [-0.3, -0.25) is 4.79 Å². The van der Waals surface area contributed by atoms with Crippen molar-refractivity contribution < 1.29 is 4.79 Å². The van der Waals surface area contributed by atoms with Gasteiger partial charge in [-0.1, -0.05) is 17.7 Å². The lowest BCUT2D eigenvalue weighted by atomic mass is 10.00. The van der Waals surface area contributed by atoms with E-state index in [1.165, 1.54) is 0 Å². The summed E-state index contributed by atoms with van der Waals surface area (Å²) in [5.41, 5.74) is 3.02.